The standard InChI is InChI=1S/C16H24N2O4/c1-12(2)10-14(16(20)21)18(11-15(19)22-3)9-7-13-6-4-5-8-17-13/h4-6,8,12,14H,7,9-11H2,1-3H3,(H,20,21)/t14-/m0/s1. The first kappa shape index (κ1) is 18.1. The molecule has 1 aromatic rings. The number of methoxy groups -OCH3 is 1. The van der Waals surface area contributed by atoms with E-state index in [9.17, 15) is 14.7 Å². The molecule has 122 valence electrons. The predicted octanol–water partition coefficient (Wildman–Crippen LogP) is 1.60. The summed E-state index contributed by atoms with van der Waals surface area (Å²) in [5.74, 6) is -1.13. The SMILES string of the molecule is COC(=O)CN(CCc1ccccn1)[C@@H](CC(C)C)C(=O)O. The van der Waals surface area contributed by atoms with Crippen LogP contribution in [0.3, 0.4) is 0 Å². The highest BCUT2D eigenvalue weighted by molar-refractivity contribution is 5.76. The van der Waals surface area contributed by atoms with Crippen molar-refractivity contribution in [3.8, 4) is 0 Å². The van der Waals surface area contributed by atoms with Gasteiger partial charge in [0.2, 0.25) is 0 Å². The highest BCUT2D eigenvalue weighted by Gasteiger charge is 2.28. The molecule has 0 aliphatic rings. The number of aromatic nitrogens is 1. The van der Waals surface area contributed by atoms with Crippen molar-refractivity contribution in [1.82, 2.24) is 9.88 Å². The summed E-state index contributed by atoms with van der Waals surface area (Å²) in [4.78, 5) is 29.0. The lowest BCUT2D eigenvalue weighted by atomic mass is 10.0. The number of rotatable bonds is 9. The van der Waals surface area contributed by atoms with Crippen molar-refractivity contribution >= 4 is 11.9 Å². The highest BCUT2D eigenvalue weighted by atomic mass is 16.5. The number of ether oxygens (including phenoxy) is 1. The molecule has 0 radical (unpaired) electrons. The Morgan fingerprint density at radius 2 is 2.09 bits per heavy atom. The summed E-state index contributed by atoms with van der Waals surface area (Å²) in [5.41, 5.74) is 0.867. The second kappa shape index (κ2) is 9.15. The topological polar surface area (TPSA) is 79.7 Å². The Hall–Kier alpha value is -1.95. The van der Waals surface area contributed by atoms with Gasteiger partial charge in [-0.1, -0.05) is 19.9 Å². The molecule has 0 amide bonds. The van der Waals surface area contributed by atoms with Gasteiger partial charge in [0.1, 0.15) is 6.04 Å². The van der Waals surface area contributed by atoms with Crippen molar-refractivity contribution in [2.45, 2.75) is 32.7 Å². The lowest BCUT2D eigenvalue weighted by Gasteiger charge is -2.28. The molecule has 0 saturated heterocycles. The number of esters is 1. The van der Waals surface area contributed by atoms with E-state index in [1.54, 1.807) is 11.1 Å². The van der Waals surface area contributed by atoms with Crippen molar-refractivity contribution < 1.29 is 19.4 Å². The molecule has 0 aliphatic heterocycles. The van der Waals surface area contributed by atoms with Gasteiger partial charge in [-0.25, -0.2) is 0 Å². The zero-order valence-corrected chi connectivity index (χ0v) is 13.4. The van der Waals surface area contributed by atoms with E-state index in [2.05, 4.69) is 9.72 Å². The molecular formula is C16H24N2O4. The monoisotopic (exact) mass is 308 g/mol. The number of carboxylic acids is 1. The Labute approximate surface area is 131 Å². The molecule has 1 aromatic heterocycles. The van der Waals surface area contributed by atoms with Crippen LogP contribution in [-0.2, 0) is 20.7 Å². The Bertz CT molecular complexity index is 476. The van der Waals surface area contributed by atoms with Crippen molar-refractivity contribution in [1.29, 1.82) is 0 Å². The number of hydrogen-bond acceptors (Lipinski definition) is 5. The van der Waals surface area contributed by atoms with E-state index in [0.717, 1.165) is 5.69 Å². The molecule has 0 spiro atoms. The zero-order chi connectivity index (χ0) is 16.5. The summed E-state index contributed by atoms with van der Waals surface area (Å²) in [6.07, 6.45) is 2.76. The van der Waals surface area contributed by atoms with Gasteiger partial charge in [0, 0.05) is 24.9 Å². The van der Waals surface area contributed by atoms with E-state index in [1.807, 2.05) is 32.0 Å². The number of pyridine rings is 1. The Morgan fingerprint density at radius 1 is 1.36 bits per heavy atom. The van der Waals surface area contributed by atoms with Crippen LogP contribution >= 0.6 is 0 Å². The van der Waals surface area contributed by atoms with E-state index in [1.165, 1.54) is 7.11 Å². The Kier molecular flexibility index (Phi) is 7.52. The fourth-order valence-corrected chi connectivity index (χ4v) is 2.23. The van der Waals surface area contributed by atoms with Crippen LogP contribution in [0.4, 0.5) is 0 Å². The van der Waals surface area contributed by atoms with Crippen LogP contribution in [0.2, 0.25) is 0 Å². The number of nitrogens with zero attached hydrogens (tertiary/aromatic N) is 2. The quantitative estimate of drug-likeness (QED) is 0.698. The van der Waals surface area contributed by atoms with Gasteiger partial charge in [-0.2, -0.15) is 0 Å². The van der Waals surface area contributed by atoms with E-state index in [0.29, 0.717) is 19.4 Å². The van der Waals surface area contributed by atoms with Gasteiger partial charge >= 0.3 is 11.9 Å². The van der Waals surface area contributed by atoms with Crippen molar-refractivity contribution in [2.75, 3.05) is 20.2 Å². The average Bonchev–Trinajstić information content (AvgIpc) is 2.49. The number of hydrogen-bond donors (Lipinski definition) is 1. The molecular weight excluding hydrogens is 284 g/mol. The third kappa shape index (κ3) is 6.22. The predicted molar refractivity (Wildman–Crippen MR) is 82.4 cm³/mol. The van der Waals surface area contributed by atoms with Gasteiger partial charge in [0.15, 0.2) is 0 Å². The molecule has 22 heavy (non-hydrogen) atoms. The molecule has 0 fully saturated rings. The molecule has 1 heterocycles. The second-order valence-electron chi connectivity index (χ2n) is 5.60. The van der Waals surface area contributed by atoms with Crippen LogP contribution < -0.4 is 0 Å². The van der Waals surface area contributed by atoms with Gasteiger partial charge in [-0.15, -0.1) is 0 Å². The van der Waals surface area contributed by atoms with Crippen LogP contribution in [0.15, 0.2) is 24.4 Å². The van der Waals surface area contributed by atoms with Gasteiger partial charge in [0.05, 0.1) is 13.7 Å². The summed E-state index contributed by atoms with van der Waals surface area (Å²) >= 11 is 0. The van der Waals surface area contributed by atoms with Crippen LogP contribution in [-0.4, -0.2) is 53.2 Å². The van der Waals surface area contributed by atoms with Gasteiger partial charge in [-0.3, -0.25) is 19.5 Å². The van der Waals surface area contributed by atoms with E-state index >= 15 is 0 Å². The first-order chi connectivity index (χ1) is 10.4. The minimum atomic E-state index is -0.918. The smallest absolute Gasteiger partial charge is 0.320 e. The number of carbonyl (C=O) groups is 2. The maximum Gasteiger partial charge on any atom is 0.320 e. The molecule has 0 aromatic carbocycles. The molecule has 1 rings (SSSR count). The fraction of sp³-hybridized carbons (Fsp3) is 0.562. The molecule has 1 N–H and O–H groups in total. The molecule has 6 nitrogen and oxygen atoms in total. The Morgan fingerprint density at radius 3 is 2.59 bits per heavy atom. The van der Waals surface area contributed by atoms with Crippen molar-refractivity contribution in [2.24, 2.45) is 5.92 Å². The third-order valence-corrected chi connectivity index (χ3v) is 3.36. The first-order valence-electron chi connectivity index (χ1n) is 7.37. The number of carbonyl (C=O) groups excluding carboxylic acids is 1. The zero-order valence-electron chi connectivity index (χ0n) is 13.4. The Balaban J connectivity index is 2.80. The van der Waals surface area contributed by atoms with Crippen molar-refractivity contribution in [3.63, 3.8) is 0 Å². The minimum absolute atomic E-state index is 0.0347. The number of carboxylic acid groups (broad SMARTS) is 1. The third-order valence-electron chi connectivity index (χ3n) is 3.36. The molecule has 0 saturated carbocycles. The number of aliphatic carboxylic acids is 1. The second-order valence-corrected chi connectivity index (χ2v) is 5.60. The molecule has 1 atom stereocenters. The van der Waals surface area contributed by atoms with Crippen LogP contribution in [0.5, 0.6) is 0 Å². The molecule has 0 aliphatic carbocycles. The summed E-state index contributed by atoms with van der Waals surface area (Å²) in [5, 5.41) is 9.47. The summed E-state index contributed by atoms with van der Waals surface area (Å²) in [7, 11) is 1.30. The lowest BCUT2D eigenvalue weighted by molar-refractivity contribution is -0.148. The normalized spacial score (nSPS) is 12.4. The fourth-order valence-electron chi connectivity index (χ4n) is 2.23. The maximum absolute atomic E-state index is 11.6. The van der Waals surface area contributed by atoms with E-state index in [4.69, 9.17) is 0 Å². The van der Waals surface area contributed by atoms with Gasteiger partial charge < -0.3 is 9.84 Å². The van der Waals surface area contributed by atoms with Crippen LogP contribution in [0, 0.1) is 5.92 Å². The molecule has 6 heteroatoms. The summed E-state index contributed by atoms with van der Waals surface area (Å²) in [6, 6.07) is 4.89. The first-order valence-corrected chi connectivity index (χ1v) is 7.37. The molecule has 0 unspecified atom stereocenters. The van der Waals surface area contributed by atoms with Crippen LogP contribution in [0.1, 0.15) is 26.0 Å². The van der Waals surface area contributed by atoms with E-state index in [-0.39, 0.29) is 12.5 Å². The average molecular weight is 308 g/mol. The largest absolute Gasteiger partial charge is 0.480 e. The van der Waals surface area contributed by atoms with Crippen LogP contribution in [0.25, 0.3) is 0 Å². The van der Waals surface area contributed by atoms with Gasteiger partial charge in [-0.05, 0) is 24.5 Å². The lowest BCUT2D eigenvalue weighted by Crippen LogP contribution is -2.46. The van der Waals surface area contributed by atoms with Crippen molar-refractivity contribution in [3.05, 3.63) is 30.1 Å². The van der Waals surface area contributed by atoms with Gasteiger partial charge in [0.25, 0.3) is 0 Å². The molecule has 0 bridgehead atoms. The maximum atomic E-state index is 11.6. The highest BCUT2D eigenvalue weighted by Crippen LogP contribution is 2.13. The summed E-state index contributed by atoms with van der Waals surface area (Å²) < 4.78 is 4.68. The van der Waals surface area contributed by atoms with E-state index < -0.39 is 18.0 Å². The minimum Gasteiger partial charge on any atom is -0.480 e. The summed E-state index contributed by atoms with van der Waals surface area (Å²) in [6.45, 7) is 4.33.